The van der Waals surface area contributed by atoms with Gasteiger partial charge in [-0.3, -0.25) is 0 Å². The summed E-state index contributed by atoms with van der Waals surface area (Å²) in [6, 6.07) is 22.3. The molecule has 0 fully saturated rings. The van der Waals surface area contributed by atoms with Gasteiger partial charge in [-0.05, 0) is 55.3 Å². The molecule has 1 nitrogen and oxygen atoms in total. The van der Waals surface area contributed by atoms with Crippen LogP contribution in [0.4, 0.5) is 0 Å². The van der Waals surface area contributed by atoms with Crippen LogP contribution in [0.1, 0.15) is 17.7 Å². The summed E-state index contributed by atoms with van der Waals surface area (Å²) in [7, 11) is 0. The van der Waals surface area contributed by atoms with Crippen LogP contribution in [0, 0.1) is 0 Å². The quantitative estimate of drug-likeness (QED) is 0.257. The third kappa shape index (κ3) is 2.28. The van der Waals surface area contributed by atoms with E-state index in [2.05, 4.69) is 93.3 Å². The number of hydrogen-bond donors (Lipinski definition) is 0. The van der Waals surface area contributed by atoms with Gasteiger partial charge in [-0.1, -0.05) is 46.3 Å². The second-order valence-electron chi connectivity index (χ2n) is 7.08. The molecule has 0 atom stereocenters. The molecule has 0 bridgehead atoms. The fourth-order valence-electron chi connectivity index (χ4n) is 4.34. The molecule has 3 aromatic carbocycles. The van der Waals surface area contributed by atoms with Crippen molar-refractivity contribution < 1.29 is 0 Å². The molecule has 0 saturated carbocycles. The lowest BCUT2D eigenvalue weighted by atomic mass is 10.0. The minimum Gasteiger partial charge on any atom is -0.313 e. The first-order valence-corrected chi connectivity index (χ1v) is 10.8. The Kier molecular flexibility index (Phi) is 3.38. The van der Waals surface area contributed by atoms with E-state index < -0.39 is 0 Å². The van der Waals surface area contributed by atoms with E-state index in [4.69, 9.17) is 0 Å². The largest absolute Gasteiger partial charge is 0.313 e. The summed E-state index contributed by atoms with van der Waals surface area (Å²) in [6.07, 6.45) is 6.80. The van der Waals surface area contributed by atoms with Gasteiger partial charge >= 0.3 is 0 Å². The van der Waals surface area contributed by atoms with Gasteiger partial charge in [0, 0.05) is 47.0 Å². The van der Waals surface area contributed by atoms with E-state index in [0.717, 1.165) is 17.3 Å². The Labute approximate surface area is 169 Å². The molecule has 0 amide bonds. The van der Waals surface area contributed by atoms with E-state index >= 15 is 0 Å². The lowest BCUT2D eigenvalue weighted by Crippen LogP contribution is -2.02. The van der Waals surface area contributed by atoms with E-state index in [-0.39, 0.29) is 0 Å². The molecule has 1 aliphatic rings. The SMILES string of the molecule is Brc1ccc2sc3ccc(-n4c5c(c6ccccc64)C=CCC5)cc3c2c1. The van der Waals surface area contributed by atoms with Crippen molar-refractivity contribution >= 4 is 64.4 Å². The Hall–Kier alpha value is -2.36. The van der Waals surface area contributed by atoms with Crippen molar-refractivity contribution in [3.8, 4) is 5.69 Å². The monoisotopic (exact) mass is 429 g/mol. The van der Waals surface area contributed by atoms with Gasteiger partial charge in [-0.2, -0.15) is 0 Å². The van der Waals surface area contributed by atoms with Gasteiger partial charge in [0.1, 0.15) is 0 Å². The topological polar surface area (TPSA) is 4.93 Å². The van der Waals surface area contributed by atoms with Crippen LogP contribution >= 0.6 is 27.3 Å². The lowest BCUT2D eigenvalue weighted by molar-refractivity contribution is 0.889. The van der Waals surface area contributed by atoms with Crippen molar-refractivity contribution in [3.05, 3.63) is 82.5 Å². The van der Waals surface area contributed by atoms with E-state index in [0.29, 0.717) is 0 Å². The number of thiophene rings is 1. The number of para-hydroxylation sites is 1. The zero-order valence-electron chi connectivity index (χ0n) is 14.6. The van der Waals surface area contributed by atoms with Crippen LogP contribution in [0.15, 0.2) is 71.2 Å². The molecular formula is C24H16BrNS. The average Bonchev–Trinajstić information content (AvgIpc) is 3.23. The van der Waals surface area contributed by atoms with Gasteiger partial charge in [0.15, 0.2) is 0 Å². The van der Waals surface area contributed by atoms with Crippen LogP contribution in [0.25, 0.3) is 42.8 Å². The predicted molar refractivity (Wildman–Crippen MR) is 121 cm³/mol. The molecule has 2 heterocycles. The first kappa shape index (κ1) is 15.7. The number of aromatic nitrogens is 1. The zero-order valence-corrected chi connectivity index (χ0v) is 17.0. The summed E-state index contributed by atoms with van der Waals surface area (Å²) in [5, 5.41) is 4.02. The highest BCUT2D eigenvalue weighted by molar-refractivity contribution is 9.10. The highest BCUT2D eigenvalue weighted by atomic mass is 79.9. The molecule has 0 radical (unpaired) electrons. The minimum atomic E-state index is 1.09. The van der Waals surface area contributed by atoms with Crippen LogP contribution in [0.5, 0.6) is 0 Å². The second-order valence-corrected chi connectivity index (χ2v) is 9.08. The maximum atomic E-state index is 3.63. The summed E-state index contributed by atoms with van der Waals surface area (Å²) >= 11 is 5.50. The van der Waals surface area contributed by atoms with Crippen molar-refractivity contribution in [2.24, 2.45) is 0 Å². The molecule has 130 valence electrons. The first-order chi connectivity index (χ1) is 13.3. The molecule has 27 heavy (non-hydrogen) atoms. The number of hydrogen-bond acceptors (Lipinski definition) is 1. The molecule has 5 aromatic rings. The Balaban J connectivity index is 1.70. The molecule has 0 aliphatic heterocycles. The van der Waals surface area contributed by atoms with Crippen LogP contribution in [0.3, 0.4) is 0 Å². The predicted octanol–water partition coefficient (Wildman–Crippen LogP) is 7.72. The van der Waals surface area contributed by atoms with Crippen LogP contribution < -0.4 is 0 Å². The van der Waals surface area contributed by atoms with Gasteiger partial charge in [0.25, 0.3) is 0 Å². The Bertz CT molecular complexity index is 1390. The van der Waals surface area contributed by atoms with Crippen molar-refractivity contribution in [3.63, 3.8) is 0 Å². The van der Waals surface area contributed by atoms with Gasteiger partial charge < -0.3 is 4.57 Å². The van der Waals surface area contributed by atoms with E-state index in [9.17, 15) is 0 Å². The highest BCUT2D eigenvalue weighted by Crippen LogP contribution is 2.39. The Morgan fingerprint density at radius 2 is 1.67 bits per heavy atom. The summed E-state index contributed by atoms with van der Waals surface area (Å²) in [4.78, 5) is 0. The third-order valence-electron chi connectivity index (χ3n) is 5.52. The van der Waals surface area contributed by atoms with Crippen molar-refractivity contribution in [2.45, 2.75) is 12.8 Å². The number of benzene rings is 3. The summed E-state index contributed by atoms with van der Waals surface area (Å²) < 4.78 is 6.29. The highest BCUT2D eigenvalue weighted by Gasteiger charge is 2.18. The molecule has 6 rings (SSSR count). The number of allylic oxidation sites excluding steroid dienone is 1. The van der Waals surface area contributed by atoms with E-state index in [1.807, 2.05) is 11.3 Å². The van der Waals surface area contributed by atoms with Crippen LogP contribution in [-0.2, 0) is 6.42 Å². The molecule has 0 unspecified atom stereocenters. The third-order valence-corrected chi connectivity index (χ3v) is 7.17. The Morgan fingerprint density at radius 1 is 0.852 bits per heavy atom. The van der Waals surface area contributed by atoms with E-state index in [1.165, 1.54) is 48.0 Å². The number of nitrogens with zero attached hydrogens (tertiary/aromatic N) is 1. The maximum Gasteiger partial charge on any atom is 0.0537 e. The summed E-state index contributed by atoms with van der Waals surface area (Å²) in [6.45, 7) is 0. The average molecular weight is 430 g/mol. The first-order valence-electron chi connectivity index (χ1n) is 9.21. The normalized spacial score (nSPS) is 13.7. The van der Waals surface area contributed by atoms with Gasteiger partial charge in [-0.25, -0.2) is 0 Å². The van der Waals surface area contributed by atoms with Gasteiger partial charge in [-0.15, -0.1) is 11.3 Å². The lowest BCUT2D eigenvalue weighted by Gasteiger charge is -2.13. The molecule has 2 aromatic heterocycles. The zero-order chi connectivity index (χ0) is 18.0. The number of rotatable bonds is 1. The molecule has 0 N–H and O–H groups in total. The molecular weight excluding hydrogens is 414 g/mol. The minimum absolute atomic E-state index is 1.09. The molecule has 1 aliphatic carbocycles. The molecule has 3 heteroatoms. The number of halogens is 1. The van der Waals surface area contributed by atoms with Gasteiger partial charge in [0.2, 0.25) is 0 Å². The molecule has 0 spiro atoms. The second kappa shape index (κ2) is 5.82. The summed E-state index contributed by atoms with van der Waals surface area (Å²) in [5.41, 5.74) is 5.37. The maximum absolute atomic E-state index is 3.63. The van der Waals surface area contributed by atoms with Crippen molar-refractivity contribution in [1.29, 1.82) is 0 Å². The van der Waals surface area contributed by atoms with Crippen molar-refractivity contribution in [1.82, 2.24) is 4.57 Å². The standard InChI is InChI=1S/C24H16BrNS/c25-15-9-11-23-19(13-15)20-14-16(10-12-24(20)27-23)26-21-7-3-1-5-17(21)18-6-2-4-8-22(18)26/h1-3,5-7,9-14H,4,8H2. The smallest absolute Gasteiger partial charge is 0.0537 e. The van der Waals surface area contributed by atoms with Crippen molar-refractivity contribution in [2.75, 3.05) is 0 Å². The summed E-state index contributed by atoms with van der Waals surface area (Å²) in [5.74, 6) is 0. The fraction of sp³-hybridized carbons (Fsp3) is 0.0833. The van der Waals surface area contributed by atoms with E-state index in [1.54, 1.807) is 0 Å². The van der Waals surface area contributed by atoms with Crippen LogP contribution in [0.2, 0.25) is 0 Å². The van der Waals surface area contributed by atoms with Gasteiger partial charge in [0.05, 0.1) is 5.52 Å². The Morgan fingerprint density at radius 3 is 2.59 bits per heavy atom. The fourth-order valence-corrected chi connectivity index (χ4v) is 5.77. The number of fused-ring (bicyclic) bond motifs is 6. The van der Waals surface area contributed by atoms with Crippen LogP contribution in [-0.4, -0.2) is 4.57 Å². The molecule has 0 saturated heterocycles.